The molecule has 0 spiro atoms. The highest BCUT2D eigenvalue weighted by Gasteiger charge is 2.12. The second-order valence-electron chi connectivity index (χ2n) is 12.5. The van der Waals surface area contributed by atoms with Crippen molar-refractivity contribution in [2.45, 2.75) is 79.1 Å². The van der Waals surface area contributed by atoms with Gasteiger partial charge in [-0.15, -0.1) is 15.3 Å². The smallest absolute Gasteiger partial charge is 0.224 e. The summed E-state index contributed by atoms with van der Waals surface area (Å²) in [6, 6.07) is 10.9. The molecule has 2 aromatic rings. The number of nitrogens with two attached hydrogens (primary N) is 7. The lowest BCUT2D eigenvalue weighted by molar-refractivity contribution is -0.117. The van der Waals surface area contributed by atoms with Gasteiger partial charge < -0.3 is 50.8 Å². The minimum atomic E-state index is -0.182. The number of nitrogens with zero attached hydrogens (tertiary/aromatic N) is 7. The van der Waals surface area contributed by atoms with Gasteiger partial charge in [0.05, 0.1) is 23.7 Å². The highest BCUT2D eigenvalue weighted by molar-refractivity contribution is 6.07. The molecule has 0 saturated carbocycles. The molecule has 0 unspecified atom stereocenters. The van der Waals surface area contributed by atoms with E-state index in [9.17, 15) is 9.59 Å². The number of carbonyl (C=O) groups excluding carboxylic acids is 2. The van der Waals surface area contributed by atoms with Crippen molar-refractivity contribution in [1.82, 2.24) is 0 Å². The highest BCUT2D eigenvalue weighted by Crippen LogP contribution is 2.20. The Balaban J connectivity index is 1.91. The van der Waals surface area contributed by atoms with Crippen LogP contribution < -0.4 is 50.8 Å². The van der Waals surface area contributed by atoms with Crippen LogP contribution in [-0.4, -0.2) is 59.1 Å². The molecule has 0 heterocycles. The summed E-state index contributed by atoms with van der Waals surface area (Å²) in [5, 5.41) is 29.2. The third-order valence-electron chi connectivity index (χ3n) is 7.63. The Kier molecular flexibility index (Phi) is 18.0. The van der Waals surface area contributed by atoms with Crippen molar-refractivity contribution in [3.05, 3.63) is 70.9 Å². The van der Waals surface area contributed by atoms with Gasteiger partial charge in [0.2, 0.25) is 29.7 Å². The average Bonchev–Trinajstić information content (AvgIpc) is 3.11. The molecule has 290 valence electrons. The predicted molar refractivity (Wildman–Crippen MR) is 222 cm³/mol. The molecular formula is C36H54N16O2. The Morgan fingerprint density at radius 2 is 0.815 bits per heavy atom. The summed E-state index contributed by atoms with van der Waals surface area (Å²) in [5.41, 5.74) is 44.9. The van der Waals surface area contributed by atoms with Crippen LogP contribution in [-0.2, 0) is 9.59 Å². The molecule has 0 bridgehead atoms. The molecule has 0 saturated heterocycles. The summed E-state index contributed by atoms with van der Waals surface area (Å²) < 4.78 is 0. The molecule has 0 radical (unpaired) electrons. The van der Waals surface area contributed by atoms with E-state index >= 15 is 0 Å². The Hall–Kier alpha value is -6.59. The van der Waals surface area contributed by atoms with E-state index in [4.69, 9.17) is 40.1 Å². The Labute approximate surface area is 316 Å². The van der Waals surface area contributed by atoms with Crippen molar-refractivity contribution in [3.8, 4) is 0 Å². The molecule has 18 heteroatoms. The first kappa shape index (κ1) is 43.6. The zero-order valence-corrected chi connectivity index (χ0v) is 31.5. The Bertz CT molecular complexity index is 1810. The number of aliphatic imine (C=N–C) groups is 1. The molecular weight excluding hydrogens is 689 g/mol. The summed E-state index contributed by atoms with van der Waals surface area (Å²) >= 11 is 0. The fourth-order valence-electron chi connectivity index (χ4n) is 4.84. The van der Waals surface area contributed by atoms with Crippen LogP contribution in [0.1, 0.15) is 101 Å². The molecule has 18 nitrogen and oxygen atoms in total. The molecule has 0 fully saturated rings. The largest absolute Gasteiger partial charge is 0.401 e. The molecule has 0 aliphatic carbocycles. The quantitative estimate of drug-likeness (QED) is 0.0416. The summed E-state index contributed by atoms with van der Waals surface area (Å²) in [5.74, 6) is -0.772. The van der Waals surface area contributed by atoms with Gasteiger partial charge in [-0.2, -0.15) is 15.3 Å². The normalized spacial score (nSPS) is 12.1. The third-order valence-corrected chi connectivity index (χ3v) is 7.63. The highest BCUT2D eigenvalue weighted by atomic mass is 16.2. The van der Waals surface area contributed by atoms with Gasteiger partial charge in [0.25, 0.3) is 0 Å². The Morgan fingerprint density at radius 3 is 1.13 bits per heavy atom. The summed E-state index contributed by atoms with van der Waals surface area (Å²) in [6.07, 6.45) is 5.74. The number of anilines is 2. The summed E-state index contributed by atoms with van der Waals surface area (Å²) in [4.78, 5) is 30.2. The minimum Gasteiger partial charge on any atom is -0.401 e. The second-order valence-corrected chi connectivity index (χ2v) is 12.5. The van der Waals surface area contributed by atoms with E-state index in [0.717, 1.165) is 43.4 Å². The number of carbonyl (C=O) groups is 2. The number of benzene rings is 2. The maximum absolute atomic E-state index is 12.9. The van der Waals surface area contributed by atoms with Gasteiger partial charge in [0, 0.05) is 52.3 Å². The van der Waals surface area contributed by atoms with Gasteiger partial charge in [-0.3, -0.25) is 14.6 Å². The van der Waals surface area contributed by atoms with E-state index in [-0.39, 0.29) is 36.2 Å². The van der Waals surface area contributed by atoms with E-state index in [1.807, 2.05) is 25.1 Å². The zero-order valence-electron chi connectivity index (χ0n) is 31.5. The van der Waals surface area contributed by atoms with Crippen molar-refractivity contribution in [3.63, 3.8) is 0 Å². The van der Waals surface area contributed by atoms with E-state index in [1.165, 1.54) is 0 Å². The molecule has 0 atom stereocenters. The van der Waals surface area contributed by atoms with Gasteiger partial charge in [-0.25, -0.2) is 0 Å². The number of nitrogens with one attached hydrogen (secondary N) is 2. The molecule has 2 amide bonds. The zero-order chi connectivity index (χ0) is 40.2. The van der Waals surface area contributed by atoms with Crippen molar-refractivity contribution in [2.24, 2.45) is 75.7 Å². The first-order valence-electron chi connectivity index (χ1n) is 17.3. The molecule has 2 aromatic carbocycles. The molecule has 2 rings (SSSR count). The lowest BCUT2D eigenvalue weighted by Crippen LogP contribution is -2.22. The fraction of sp³-hybridized carbons (Fsp3) is 0.361. The number of amides is 2. The summed E-state index contributed by atoms with van der Waals surface area (Å²) in [7, 11) is 0. The van der Waals surface area contributed by atoms with Crippen LogP contribution >= 0.6 is 0 Å². The standard InChI is InChI=1S/C36H54N16O2/c1-21(37)20-44-22(2)26-14-27(23(3)47-50-34(38)39)17-30(16-26)45-32(53)12-10-8-6-7-9-11-13-33(54)46-31-18-28(24(4)48-51-35(40)41)15-29(19-31)25(5)49-52-36(42)43/h14-19H,1,6-13,20,37H2,2-5H3,(H,45,53)(H,46,54)(H4,38,39,50)(H4,40,41,51)(H4,42,43,52)/b44-22?,47-23+,48-24+,49-25+. The fourth-order valence-corrected chi connectivity index (χ4v) is 4.84. The first-order valence-corrected chi connectivity index (χ1v) is 17.3. The van der Waals surface area contributed by atoms with E-state index in [1.54, 1.807) is 39.0 Å². The lowest BCUT2D eigenvalue weighted by atomic mass is 10.0. The van der Waals surface area contributed by atoms with E-state index in [2.05, 4.69) is 52.8 Å². The molecule has 0 aliphatic rings. The van der Waals surface area contributed by atoms with E-state index < -0.39 is 0 Å². The first-order chi connectivity index (χ1) is 25.5. The number of rotatable bonds is 20. The maximum atomic E-state index is 12.9. The average molecular weight is 743 g/mol. The van der Waals surface area contributed by atoms with Crippen molar-refractivity contribution < 1.29 is 9.59 Å². The van der Waals surface area contributed by atoms with Crippen LogP contribution in [0.5, 0.6) is 0 Å². The topological polar surface area (TPSA) is 327 Å². The molecule has 0 aliphatic heterocycles. The number of hydrogen-bond acceptors (Lipinski definition) is 10. The molecule has 54 heavy (non-hydrogen) atoms. The van der Waals surface area contributed by atoms with E-state index in [0.29, 0.717) is 70.2 Å². The molecule has 16 N–H and O–H groups in total. The van der Waals surface area contributed by atoms with Gasteiger partial charge in [-0.05, 0) is 82.5 Å². The maximum Gasteiger partial charge on any atom is 0.224 e. The van der Waals surface area contributed by atoms with Gasteiger partial charge in [0.15, 0.2) is 0 Å². The number of unbranched alkanes of at least 4 members (excludes halogenated alkanes) is 5. The van der Waals surface area contributed by atoms with Gasteiger partial charge in [-0.1, -0.05) is 32.3 Å². The lowest BCUT2D eigenvalue weighted by Gasteiger charge is -2.11. The number of hydrogen-bond donors (Lipinski definition) is 9. The number of guanidine groups is 3. The SMILES string of the molecule is C=C(N)CN=C(C)c1cc(NC(=O)CCCCCCCCC(=O)Nc2cc(/C(C)=N/N=C(N)N)cc(/C(C)=N/N=C(N)N)c2)cc(/C(C)=N/N=C(N)N)c1. The van der Waals surface area contributed by atoms with Crippen molar-refractivity contribution >= 4 is 63.9 Å². The monoisotopic (exact) mass is 742 g/mol. The van der Waals surface area contributed by atoms with Crippen LogP contribution in [0.25, 0.3) is 0 Å². The van der Waals surface area contributed by atoms with Crippen LogP contribution in [0.2, 0.25) is 0 Å². The minimum absolute atomic E-state index is 0.110. The van der Waals surface area contributed by atoms with Crippen LogP contribution in [0, 0.1) is 0 Å². The second kappa shape index (κ2) is 22.4. The Morgan fingerprint density at radius 1 is 0.500 bits per heavy atom. The third kappa shape index (κ3) is 17.1. The molecule has 0 aromatic heterocycles. The predicted octanol–water partition coefficient (Wildman–Crippen LogP) is 2.66. The summed E-state index contributed by atoms with van der Waals surface area (Å²) in [6.45, 7) is 11.0. The van der Waals surface area contributed by atoms with Crippen molar-refractivity contribution in [2.75, 3.05) is 17.2 Å². The van der Waals surface area contributed by atoms with Crippen LogP contribution in [0.4, 0.5) is 11.4 Å². The van der Waals surface area contributed by atoms with Crippen LogP contribution in [0.3, 0.4) is 0 Å². The van der Waals surface area contributed by atoms with Gasteiger partial charge >= 0.3 is 0 Å². The van der Waals surface area contributed by atoms with Gasteiger partial charge in [0.1, 0.15) is 0 Å². The van der Waals surface area contributed by atoms with Crippen molar-refractivity contribution in [1.29, 1.82) is 0 Å². The van der Waals surface area contributed by atoms with Crippen LogP contribution in [0.15, 0.2) is 84.3 Å².